The minimum absolute atomic E-state index is 0.561. The summed E-state index contributed by atoms with van der Waals surface area (Å²) in [4.78, 5) is 0. The summed E-state index contributed by atoms with van der Waals surface area (Å²) in [6, 6.07) is 8.86. The van der Waals surface area contributed by atoms with E-state index in [2.05, 4.69) is 47.7 Å². The number of nitrogens with one attached hydrogen (secondary N) is 1. The molecule has 4 nitrogen and oxygen atoms in total. The average molecular weight is 270 g/mol. The third-order valence-electron chi connectivity index (χ3n) is 4.53. The van der Waals surface area contributed by atoms with Crippen molar-refractivity contribution in [3.63, 3.8) is 0 Å². The van der Waals surface area contributed by atoms with Crippen molar-refractivity contribution in [2.45, 2.75) is 39.2 Å². The van der Waals surface area contributed by atoms with Gasteiger partial charge in [0.1, 0.15) is 0 Å². The Labute approximate surface area is 120 Å². The largest absolute Gasteiger partial charge is 0.381 e. The number of aromatic nitrogens is 3. The second-order valence-corrected chi connectivity index (χ2v) is 5.97. The van der Waals surface area contributed by atoms with Gasteiger partial charge in [0.05, 0.1) is 23.8 Å². The Balaban J connectivity index is 1.78. The highest BCUT2D eigenvalue weighted by atomic mass is 15.4. The summed E-state index contributed by atoms with van der Waals surface area (Å²) in [5.74, 6) is 1.64. The Kier molecular flexibility index (Phi) is 3.72. The molecule has 0 aliphatic heterocycles. The van der Waals surface area contributed by atoms with Gasteiger partial charge in [0.2, 0.25) is 0 Å². The van der Waals surface area contributed by atoms with Gasteiger partial charge in [0.25, 0.3) is 0 Å². The first-order valence-corrected chi connectivity index (χ1v) is 7.46. The molecule has 0 radical (unpaired) electrons. The molecule has 1 fully saturated rings. The lowest BCUT2D eigenvalue weighted by Gasteiger charge is -2.33. The molecule has 1 N–H and O–H groups in total. The molecule has 0 amide bonds. The van der Waals surface area contributed by atoms with Gasteiger partial charge < -0.3 is 5.32 Å². The zero-order chi connectivity index (χ0) is 13.9. The summed E-state index contributed by atoms with van der Waals surface area (Å²) in [5, 5.41) is 11.7. The van der Waals surface area contributed by atoms with Gasteiger partial charge in [-0.05, 0) is 43.2 Å². The van der Waals surface area contributed by atoms with Gasteiger partial charge in [-0.2, -0.15) is 0 Å². The molecule has 106 valence electrons. The molecule has 0 spiro atoms. The average Bonchev–Trinajstić information content (AvgIpc) is 2.97. The molecule has 1 aliphatic rings. The van der Waals surface area contributed by atoms with Gasteiger partial charge in [-0.3, -0.25) is 0 Å². The zero-order valence-electron chi connectivity index (χ0n) is 12.2. The summed E-state index contributed by atoms with van der Waals surface area (Å²) in [7, 11) is 0. The lowest BCUT2D eigenvalue weighted by molar-refractivity contribution is 0.261. The van der Waals surface area contributed by atoms with Crippen molar-refractivity contribution in [1.82, 2.24) is 15.0 Å². The second-order valence-electron chi connectivity index (χ2n) is 5.97. The molecule has 0 bridgehead atoms. The second kappa shape index (κ2) is 5.65. The highest BCUT2D eigenvalue weighted by Crippen LogP contribution is 2.32. The van der Waals surface area contributed by atoms with Crippen LogP contribution in [0.15, 0.2) is 36.7 Å². The third kappa shape index (κ3) is 2.69. The number of rotatable bonds is 3. The molecular weight excluding hydrogens is 248 g/mol. The Hall–Kier alpha value is -1.84. The van der Waals surface area contributed by atoms with Crippen LogP contribution in [0.1, 0.15) is 33.1 Å². The van der Waals surface area contributed by atoms with E-state index in [1.165, 1.54) is 19.3 Å². The van der Waals surface area contributed by atoms with Crippen molar-refractivity contribution in [1.29, 1.82) is 0 Å². The molecule has 1 saturated carbocycles. The van der Waals surface area contributed by atoms with E-state index < -0.39 is 0 Å². The van der Waals surface area contributed by atoms with E-state index in [9.17, 15) is 0 Å². The molecule has 1 aromatic carbocycles. The van der Waals surface area contributed by atoms with Crippen LogP contribution in [0.4, 0.5) is 5.69 Å². The van der Waals surface area contributed by atoms with Crippen LogP contribution in [0.3, 0.4) is 0 Å². The van der Waals surface area contributed by atoms with Gasteiger partial charge in [-0.1, -0.05) is 31.2 Å². The van der Waals surface area contributed by atoms with E-state index in [-0.39, 0.29) is 0 Å². The molecule has 1 heterocycles. The first-order valence-electron chi connectivity index (χ1n) is 7.46. The highest BCUT2D eigenvalue weighted by Gasteiger charge is 2.24. The van der Waals surface area contributed by atoms with Crippen LogP contribution in [0.25, 0.3) is 5.69 Å². The molecule has 1 aromatic heterocycles. The van der Waals surface area contributed by atoms with E-state index in [1.807, 2.05) is 16.9 Å². The molecule has 0 saturated heterocycles. The lowest BCUT2D eigenvalue weighted by Crippen LogP contribution is -2.30. The quantitative estimate of drug-likeness (QED) is 0.928. The van der Waals surface area contributed by atoms with Gasteiger partial charge >= 0.3 is 0 Å². The number of para-hydroxylation sites is 2. The van der Waals surface area contributed by atoms with Gasteiger partial charge in [0, 0.05) is 6.04 Å². The number of hydrogen-bond acceptors (Lipinski definition) is 3. The molecule has 1 aliphatic carbocycles. The van der Waals surface area contributed by atoms with Crippen molar-refractivity contribution < 1.29 is 0 Å². The van der Waals surface area contributed by atoms with E-state index >= 15 is 0 Å². The molecular formula is C16H22N4. The van der Waals surface area contributed by atoms with E-state index in [0.717, 1.165) is 23.2 Å². The molecule has 4 heteroatoms. The van der Waals surface area contributed by atoms with Crippen LogP contribution in [0, 0.1) is 11.8 Å². The molecule has 20 heavy (non-hydrogen) atoms. The van der Waals surface area contributed by atoms with Gasteiger partial charge in [-0.25, -0.2) is 4.68 Å². The zero-order valence-corrected chi connectivity index (χ0v) is 12.2. The first-order chi connectivity index (χ1) is 9.74. The number of nitrogens with zero attached hydrogens (tertiary/aromatic N) is 3. The van der Waals surface area contributed by atoms with Crippen LogP contribution in [-0.2, 0) is 0 Å². The number of benzene rings is 1. The van der Waals surface area contributed by atoms with Gasteiger partial charge in [-0.15, -0.1) is 5.10 Å². The third-order valence-corrected chi connectivity index (χ3v) is 4.53. The maximum atomic E-state index is 4.09. The van der Waals surface area contributed by atoms with E-state index in [4.69, 9.17) is 0 Å². The van der Waals surface area contributed by atoms with Crippen LogP contribution < -0.4 is 5.32 Å². The van der Waals surface area contributed by atoms with Crippen LogP contribution >= 0.6 is 0 Å². The Morgan fingerprint density at radius 3 is 2.75 bits per heavy atom. The predicted molar refractivity (Wildman–Crippen MR) is 80.9 cm³/mol. The topological polar surface area (TPSA) is 42.7 Å². The van der Waals surface area contributed by atoms with Crippen molar-refractivity contribution >= 4 is 5.69 Å². The molecule has 2 aromatic rings. The summed E-state index contributed by atoms with van der Waals surface area (Å²) < 4.78 is 1.82. The van der Waals surface area contributed by atoms with E-state index in [0.29, 0.717) is 6.04 Å². The minimum Gasteiger partial charge on any atom is -0.381 e. The van der Waals surface area contributed by atoms with Crippen molar-refractivity contribution in [2.75, 3.05) is 5.32 Å². The summed E-state index contributed by atoms with van der Waals surface area (Å²) in [6.45, 7) is 4.73. The van der Waals surface area contributed by atoms with Crippen LogP contribution in [0.5, 0.6) is 0 Å². The van der Waals surface area contributed by atoms with Gasteiger partial charge in [0.15, 0.2) is 0 Å². The fourth-order valence-corrected chi connectivity index (χ4v) is 3.03. The van der Waals surface area contributed by atoms with Crippen molar-refractivity contribution in [3.8, 4) is 5.69 Å². The fraction of sp³-hybridized carbons (Fsp3) is 0.500. The standard InChI is InChI=1S/C16H22N4/c1-12-7-8-14(11-13(12)2)18-15-5-3-4-6-16(15)20-10-9-17-19-20/h3-6,9-10,12-14,18H,7-8,11H2,1-2H3. The minimum atomic E-state index is 0.561. The van der Waals surface area contributed by atoms with Crippen molar-refractivity contribution in [3.05, 3.63) is 36.7 Å². The maximum Gasteiger partial charge on any atom is 0.0894 e. The number of hydrogen-bond donors (Lipinski definition) is 1. The van der Waals surface area contributed by atoms with Crippen LogP contribution in [0.2, 0.25) is 0 Å². The predicted octanol–water partition coefficient (Wildman–Crippen LogP) is 3.50. The van der Waals surface area contributed by atoms with Crippen molar-refractivity contribution in [2.24, 2.45) is 11.8 Å². The number of anilines is 1. The Morgan fingerprint density at radius 1 is 1.15 bits per heavy atom. The lowest BCUT2D eigenvalue weighted by atomic mass is 9.79. The highest BCUT2D eigenvalue weighted by molar-refractivity contribution is 5.60. The van der Waals surface area contributed by atoms with E-state index in [1.54, 1.807) is 6.20 Å². The summed E-state index contributed by atoms with van der Waals surface area (Å²) in [6.07, 6.45) is 7.39. The summed E-state index contributed by atoms with van der Waals surface area (Å²) in [5.41, 5.74) is 2.21. The first kappa shape index (κ1) is 13.2. The fourth-order valence-electron chi connectivity index (χ4n) is 3.03. The maximum absolute atomic E-state index is 4.09. The van der Waals surface area contributed by atoms with Crippen LogP contribution in [-0.4, -0.2) is 21.0 Å². The SMILES string of the molecule is CC1CCC(Nc2ccccc2-n2ccnn2)CC1C. The molecule has 3 rings (SSSR count). The molecule has 3 atom stereocenters. The smallest absolute Gasteiger partial charge is 0.0894 e. The Morgan fingerprint density at radius 2 is 2.00 bits per heavy atom. The molecule has 3 unspecified atom stereocenters. The monoisotopic (exact) mass is 270 g/mol. The summed E-state index contributed by atoms with van der Waals surface area (Å²) >= 11 is 0. The Bertz CT molecular complexity index is 549. The normalized spacial score (nSPS) is 26.4.